The Balaban J connectivity index is 2.85. The molecule has 2 N–H and O–H groups in total. The van der Waals surface area contributed by atoms with E-state index < -0.39 is 0 Å². The van der Waals surface area contributed by atoms with Crippen molar-refractivity contribution >= 4 is 15.9 Å². The average molecular weight is 367 g/mol. The van der Waals surface area contributed by atoms with Gasteiger partial charge in [-0.15, -0.1) is 0 Å². The molecule has 0 spiro atoms. The van der Waals surface area contributed by atoms with Gasteiger partial charge in [0.05, 0.1) is 4.47 Å². The fraction of sp³-hybridized carbons (Fsp3) is 0.474. The highest BCUT2D eigenvalue weighted by molar-refractivity contribution is 9.10. The Hall–Kier alpha value is -1.22. The fourth-order valence-corrected chi connectivity index (χ4v) is 2.89. The zero-order valence-corrected chi connectivity index (χ0v) is 15.6. The van der Waals surface area contributed by atoms with Crippen molar-refractivity contribution in [2.45, 2.75) is 59.8 Å². The van der Waals surface area contributed by atoms with Gasteiger partial charge in [-0.25, -0.2) is 0 Å². The van der Waals surface area contributed by atoms with E-state index in [2.05, 4.69) is 55.8 Å². The van der Waals surface area contributed by atoms with Gasteiger partial charge in [0.25, 0.3) is 0 Å². The van der Waals surface area contributed by atoms with Crippen LogP contribution in [0.15, 0.2) is 33.8 Å². The van der Waals surface area contributed by atoms with Crippen LogP contribution >= 0.6 is 15.9 Å². The number of aromatic hydroxyl groups is 2. The molecule has 3 heteroatoms. The van der Waals surface area contributed by atoms with Crippen molar-refractivity contribution in [2.24, 2.45) is 0 Å². The van der Waals surface area contributed by atoms with Gasteiger partial charge in [0.15, 0.2) is 0 Å². The van der Waals surface area contributed by atoms with Crippen molar-refractivity contribution in [1.82, 2.24) is 0 Å². The van der Waals surface area contributed by atoms with Crippen molar-refractivity contribution < 1.29 is 10.2 Å². The monoisotopic (exact) mass is 366 g/mol. The predicted octanol–water partition coefficient (Wildman–Crippen LogP) is 6.05. The van der Waals surface area contributed by atoms with E-state index in [1.807, 2.05) is 0 Å². The molecule has 0 heterocycles. The van der Waals surface area contributed by atoms with E-state index >= 15 is 0 Å². The number of rotatable bonds is 7. The molecule has 0 aliphatic carbocycles. The summed E-state index contributed by atoms with van der Waals surface area (Å²) < 4.78 is 0.706. The van der Waals surface area contributed by atoms with Gasteiger partial charge in [-0.05, 0) is 74.0 Å². The molecule has 0 bridgehead atoms. The van der Waals surface area contributed by atoms with Crippen LogP contribution in [0, 0.1) is 0 Å². The van der Waals surface area contributed by atoms with Gasteiger partial charge in [-0.2, -0.15) is 0 Å². The number of allylic oxidation sites excluding steroid dienone is 4. The molecule has 1 aromatic rings. The molecule has 0 unspecified atom stereocenters. The Morgan fingerprint density at radius 2 is 1.86 bits per heavy atom. The third-order valence-corrected chi connectivity index (χ3v) is 4.55. The highest BCUT2D eigenvalue weighted by Crippen LogP contribution is 2.38. The number of halogens is 1. The molecule has 22 heavy (non-hydrogen) atoms. The number of hydrogen-bond acceptors (Lipinski definition) is 2. The number of aryl methyl sites for hydroxylation is 1. The molecule has 122 valence electrons. The average Bonchev–Trinajstić information content (AvgIpc) is 2.44. The van der Waals surface area contributed by atoms with E-state index in [4.69, 9.17) is 0 Å². The first-order valence-electron chi connectivity index (χ1n) is 7.88. The maximum Gasteiger partial charge on any atom is 0.137 e. The molecule has 0 amide bonds. The summed E-state index contributed by atoms with van der Waals surface area (Å²) in [5.74, 6) is 0.342. The van der Waals surface area contributed by atoms with Crippen molar-refractivity contribution in [3.63, 3.8) is 0 Å². The third-order valence-electron chi connectivity index (χ3n) is 3.66. The van der Waals surface area contributed by atoms with Crippen LogP contribution in [0.3, 0.4) is 0 Å². The summed E-state index contributed by atoms with van der Waals surface area (Å²) in [6, 6.07) is 1.76. The van der Waals surface area contributed by atoms with Gasteiger partial charge in [-0.1, -0.05) is 36.6 Å². The van der Waals surface area contributed by atoms with Crippen LogP contribution in [-0.4, -0.2) is 10.2 Å². The van der Waals surface area contributed by atoms with E-state index in [0.29, 0.717) is 16.5 Å². The van der Waals surface area contributed by atoms with E-state index in [-0.39, 0.29) is 11.5 Å². The lowest BCUT2D eigenvalue weighted by molar-refractivity contribution is 0.437. The molecule has 0 saturated heterocycles. The predicted molar refractivity (Wildman–Crippen MR) is 97.6 cm³/mol. The SMILES string of the molecule is CCCc1cc(O)c(C/C=C(\C)CCC=C(C)C)c(O)c1Br. The quantitative estimate of drug-likeness (QED) is 0.576. The highest BCUT2D eigenvalue weighted by atomic mass is 79.9. The van der Waals surface area contributed by atoms with E-state index in [1.165, 1.54) is 11.1 Å². The van der Waals surface area contributed by atoms with Crippen LogP contribution in [-0.2, 0) is 12.8 Å². The molecule has 1 rings (SSSR count). The Kier molecular flexibility index (Phi) is 7.74. The van der Waals surface area contributed by atoms with Crippen molar-refractivity contribution in [2.75, 3.05) is 0 Å². The largest absolute Gasteiger partial charge is 0.508 e. The second kappa shape index (κ2) is 9.04. The molecule has 0 atom stereocenters. The van der Waals surface area contributed by atoms with Crippen LogP contribution in [0.25, 0.3) is 0 Å². The number of hydrogen-bond donors (Lipinski definition) is 2. The molecule has 2 nitrogen and oxygen atoms in total. The molecule has 0 aliphatic heterocycles. The summed E-state index contributed by atoms with van der Waals surface area (Å²) >= 11 is 3.44. The Bertz CT molecular complexity index is 567. The summed E-state index contributed by atoms with van der Waals surface area (Å²) in [6.07, 6.45) is 8.69. The summed E-state index contributed by atoms with van der Waals surface area (Å²) in [4.78, 5) is 0. The number of phenolic OH excluding ortho intramolecular Hbond substituents is 2. The third kappa shape index (κ3) is 5.53. The first-order valence-corrected chi connectivity index (χ1v) is 8.67. The summed E-state index contributed by atoms with van der Waals surface area (Å²) in [7, 11) is 0. The molecule has 0 saturated carbocycles. The zero-order valence-electron chi connectivity index (χ0n) is 14.0. The van der Waals surface area contributed by atoms with Crippen LogP contribution in [0.1, 0.15) is 58.1 Å². The van der Waals surface area contributed by atoms with Crippen molar-refractivity contribution in [3.8, 4) is 11.5 Å². The molecule has 0 aromatic heterocycles. The van der Waals surface area contributed by atoms with Crippen molar-refractivity contribution in [1.29, 1.82) is 0 Å². The van der Waals surface area contributed by atoms with Crippen LogP contribution in [0.5, 0.6) is 11.5 Å². The minimum absolute atomic E-state index is 0.164. The summed E-state index contributed by atoms with van der Waals surface area (Å²) in [6.45, 7) is 8.37. The maximum atomic E-state index is 10.3. The minimum atomic E-state index is 0.164. The Morgan fingerprint density at radius 3 is 2.45 bits per heavy atom. The van der Waals surface area contributed by atoms with Gasteiger partial charge in [0.1, 0.15) is 11.5 Å². The highest BCUT2D eigenvalue weighted by Gasteiger charge is 2.14. The second-order valence-electron chi connectivity index (χ2n) is 6.02. The van der Waals surface area contributed by atoms with E-state index in [0.717, 1.165) is 31.2 Å². The van der Waals surface area contributed by atoms with Gasteiger partial charge < -0.3 is 10.2 Å². The first kappa shape index (κ1) is 18.8. The fourth-order valence-electron chi connectivity index (χ4n) is 2.34. The lowest BCUT2D eigenvalue weighted by Crippen LogP contribution is -1.93. The molecule has 0 fully saturated rings. The van der Waals surface area contributed by atoms with Crippen LogP contribution in [0.4, 0.5) is 0 Å². The molecule has 0 aliphatic rings. The van der Waals surface area contributed by atoms with Crippen LogP contribution in [0.2, 0.25) is 0 Å². The normalized spacial score (nSPS) is 11.6. The molecular weight excluding hydrogens is 340 g/mol. The maximum absolute atomic E-state index is 10.3. The number of benzene rings is 1. The van der Waals surface area contributed by atoms with Gasteiger partial charge >= 0.3 is 0 Å². The summed E-state index contributed by atoms with van der Waals surface area (Å²) in [5.41, 5.74) is 4.14. The van der Waals surface area contributed by atoms with Gasteiger partial charge in [0, 0.05) is 5.56 Å². The standard InChI is InChI=1S/C19H27BrO2/c1-5-7-15-12-17(21)16(19(22)18(15)20)11-10-14(4)9-6-8-13(2)3/h8,10,12,21-22H,5-7,9,11H2,1-4H3/b14-10+. The second-order valence-corrected chi connectivity index (χ2v) is 6.81. The summed E-state index contributed by atoms with van der Waals surface area (Å²) in [5, 5.41) is 20.5. The molecular formula is C19H27BrO2. The van der Waals surface area contributed by atoms with Gasteiger partial charge in [-0.3, -0.25) is 0 Å². The Morgan fingerprint density at radius 1 is 1.18 bits per heavy atom. The zero-order chi connectivity index (χ0) is 16.7. The Labute approximate surface area is 142 Å². The number of phenols is 2. The lowest BCUT2D eigenvalue weighted by atomic mass is 10.0. The molecule has 1 aromatic carbocycles. The lowest BCUT2D eigenvalue weighted by Gasteiger charge is -2.12. The minimum Gasteiger partial charge on any atom is -0.508 e. The molecule has 0 radical (unpaired) electrons. The topological polar surface area (TPSA) is 40.5 Å². The van der Waals surface area contributed by atoms with E-state index in [9.17, 15) is 10.2 Å². The first-order chi connectivity index (χ1) is 10.4. The van der Waals surface area contributed by atoms with Crippen molar-refractivity contribution in [3.05, 3.63) is 45.0 Å². The smallest absolute Gasteiger partial charge is 0.137 e. The van der Waals surface area contributed by atoms with Crippen LogP contribution < -0.4 is 0 Å². The van der Waals surface area contributed by atoms with Gasteiger partial charge in [0.2, 0.25) is 0 Å². The van der Waals surface area contributed by atoms with E-state index in [1.54, 1.807) is 6.07 Å².